The maximum Gasteiger partial charge on any atom is 0.103 e. The fourth-order valence-electron chi connectivity index (χ4n) is 3.00. The first-order valence-electron chi connectivity index (χ1n) is 7.01. The van der Waals surface area contributed by atoms with Gasteiger partial charge in [0.2, 0.25) is 0 Å². The SMILES string of the molecule is Cc1cc(N[C@@H]2c3ccccc3C[C@@H]2O)c(C#N)c(C)n1. The molecule has 2 N–H and O–H groups in total. The number of aliphatic hydroxyl groups excluding tert-OH is 1. The summed E-state index contributed by atoms with van der Waals surface area (Å²) in [5.74, 6) is 0. The molecule has 21 heavy (non-hydrogen) atoms. The number of nitrogens with zero attached hydrogens (tertiary/aromatic N) is 2. The van der Waals surface area contributed by atoms with E-state index in [1.54, 1.807) is 0 Å². The molecule has 2 aromatic rings. The van der Waals surface area contributed by atoms with Crippen LogP contribution < -0.4 is 5.32 Å². The highest BCUT2D eigenvalue weighted by Gasteiger charge is 2.31. The maximum atomic E-state index is 10.3. The van der Waals surface area contributed by atoms with Crippen LogP contribution in [0.2, 0.25) is 0 Å². The predicted octanol–water partition coefficient (Wildman–Crippen LogP) is 2.64. The molecule has 4 heteroatoms. The topological polar surface area (TPSA) is 68.9 Å². The molecule has 3 rings (SSSR count). The molecule has 0 unspecified atom stereocenters. The normalized spacial score (nSPS) is 19.9. The van der Waals surface area contributed by atoms with Crippen molar-refractivity contribution in [3.63, 3.8) is 0 Å². The van der Waals surface area contributed by atoms with E-state index >= 15 is 0 Å². The summed E-state index contributed by atoms with van der Waals surface area (Å²) in [4.78, 5) is 4.32. The van der Waals surface area contributed by atoms with Crippen molar-refractivity contribution in [3.8, 4) is 6.07 Å². The molecular formula is C17H17N3O. The van der Waals surface area contributed by atoms with E-state index in [2.05, 4.69) is 16.4 Å². The van der Waals surface area contributed by atoms with E-state index in [9.17, 15) is 10.4 Å². The zero-order valence-corrected chi connectivity index (χ0v) is 12.1. The number of nitrogens with one attached hydrogen (secondary N) is 1. The highest BCUT2D eigenvalue weighted by molar-refractivity contribution is 5.61. The standard InChI is InChI=1S/C17H17N3O/c1-10-7-15(14(9-18)11(2)19-10)20-17-13-6-4-3-5-12(13)8-16(17)21/h3-7,16-17,21H,8H2,1-2H3,(H,19,20)/t16-,17+/m0/s1. The van der Waals surface area contributed by atoms with Crippen LogP contribution in [0.1, 0.15) is 34.1 Å². The van der Waals surface area contributed by atoms with Crippen molar-refractivity contribution in [2.45, 2.75) is 32.4 Å². The van der Waals surface area contributed by atoms with Gasteiger partial charge in [-0.15, -0.1) is 0 Å². The highest BCUT2D eigenvalue weighted by Crippen LogP contribution is 2.35. The summed E-state index contributed by atoms with van der Waals surface area (Å²) in [7, 11) is 0. The number of hydrogen-bond donors (Lipinski definition) is 2. The lowest BCUT2D eigenvalue weighted by Crippen LogP contribution is -2.22. The van der Waals surface area contributed by atoms with Gasteiger partial charge in [-0.05, 0) is 31.0 Å². The molecule has 0 radical (unpaired) electrons. The lowest BCUT2D eigenvalue weighted by atomic mass is 10.1. The number of fused-ring (bicyclic) bond motifs is 1. The van der Waals surface area contributed by atoms with Crippen LogP contribution in [0.5, 0.6) is 0 Å². The second kappa shape index (κ2) is 5.19. The monoisotopic (exact) mass is 279 g/mol. The molecule has 0 amide bonds. The molecule has 1 aliphatic rings. The van der Waals surface area contributed by atoms with Crippen LogP contribution in [0.15, 0.2) is 30.3 Å². The van der Waals surface area contributed by atoms with Crippen LogP contribution in [-0.4, -0.2) is 16.2 Å². The molecular weight excluding hydrogens is 262 g/mol. The second-order valence-corrected chi connectivity index (χ2v) is 5.48. The molecule has 1 aliphatic carbocycles. The van der Waals surface area contributed by atoms with E-state index in [-0.39, 0.29) is 6.04 Å². The number of aromatic nitrogens is 1. The lowest BCUT2D eigenvalue weighted by Gasteiger charge is -2.21. The van der Waals surface area contributed by atoms with Crippen LogP contribution in [0, 0.1) is 25.2 Å². The number of pyridine rings is 1. The van der Waals surface area contributed by atoms with Crippen LogP contribution in [-0.2, 0) is 6.42 Å². The Morgan fingerprint density at radius 2 is 2.10 bits per heavy atom. The number of anilines is 1. The zero-order valence-electron chi connectivity index (χ0n) is 12.1. The molecule has 106 valence electrons. The first-order chi connectivity index (χ1) is 10.1. The summed E-state index contributed by atoms with van der Waals surface area (Å²) >= 11 is 0. The van der Waals surface area contributed by atoms with Gasteiger partial charge in [0.05, 0.1) is 29.1 Å². The van der Waals surface area contributed by atoms with Crippen LogP contribution in [0.4, 0.5) is 5.69 Å². The summed E-state index contributed by atoms with van der Waals surface area (Å²) in [5, 5.41) is 23.0. The first-order valence-corrected chi connectivity index (χ1v) is 7.01. The van der Waals surface area contributed by atoms with Crippen molar-refractivity contribution in [3.05, 3.63) is 58.4 Å². The van der Waals surface area contributed by atoms with E-state index in [4.69, 9.17) is 0 Å². The average molecular weight is 279 g/mol. The van der Waals surface area contributed by atoms with Gasteiger partial charge in [-0.2, -0.15) is 5.26 Å². The second-order valence-electron chi connectivity index (χ2n) is 5.48. The fourth-order valence-corrected chi connectivity index (χ4v) is 3.00. The zero-order chi connectivity index (χ0) is 15.0. The van der Waals surface area contributed by atoms with Crippen LogP contribution in [0.25, 0.3) is 0 Å². The van der Waals surface area contributed by atoms with Crippen molar-refractivity contribution < 1.29 is 5.11 Å². The Morgan fingerprint density at radius 1 is 1.33 bits per heavy atom. The largest absolute Gasteiger partial charge is 0.390 e. The molecule has 0 fully saturated rings. The Balaban J connectivity index is 2.00. The molecule has 0 spiro atoms. The van der Waals surface area contributed by atoms with Gasteiger partial charge >= 0.3 is 0 Å². The number of rotatable bonds is 2. The molecule has 0 saturated heterocycles. The average Bonchev–Trinajstić information content (AvgIpc) is 2.75. The minimum Gasteiger partial charge on any atom is -0.390 e. The van der Waals surface area contributed by atoms with Gasteiger partial charge in [-0.25, -0.2) is 0 Å². The van der Waals surface area contributed by atoms with Crippen molar-refractivity contribution in [1.82, 2.24) is 4.98 Å². The molecule has 4 nitrogen and oxygen atoms in total. The first kappa shape index (κ1) is 13.6. The molecule has 0 saturated carbocycles. The van der Waals surface area contributed by atoms with Gasteiger partial charge in [-0.1, -0.05) is 24.3 Å². The predicted molar refractivity (Wildman–Crippen MR) is 80.9 cm³/mol. The van der Waals surface area contributed by atoms with Crippen molar-refractivity contribution in [1.29, 1.82) is 5.26 Å². The molecule has 1 aromatic carbocycles. The highest BCUT2D eigenvalue weighted by atomic mass is 16.3. The van der Waals surface area contributed by atoms with Gasteiger partial charge in [0.15, 0.2) is 0 Å². The van der Waals surface area contributed by atoms with Crippen molar-refractivity contribution in [2.75, 3.05) is 5.32 Å². The van der Waals surface area contributed by atoms with Gasteiger partial charge in [0.25, 0.3) is 0 Å². The van der Waals surface area contributed by atoms with Gasteiger partial charge in [0.1, 0.15) is 6.07 Å². The summed E-state index contributed by atoms with van der Waals surface area (Å²) in [5.41, 5.74) is 5.10. The number of hydrogen-bond acceptors (Lipinski definition) is 4. The van der Waals surface area contributed by atoms with E-state index < -0.39 is 6.10 Å². The van der Waals surface area contributed by atoms with Gasteiger partial charge in [-0.3, -0.25) is 4.98 Å². The summed E-state index contributed by atoms with van der Waals surface area (Å²) < 4.78 is 0. The molecule has 1 heterocycles. The number of nitriles is 1. The van der Waals surface area contributed by atoms with Gasteiger partial charge in [0, 0.05) is 12.1 Å². The van der Waals surface area contributed by atoms with E-state index in [1.807, 2.05) is 44.2 Å². The van der Waals surface area contributed by atoms with Crippen molar-refractivity contribution >= 4 is 5.69 Å². The molecule has 0 bridgehead atoms. The third-order valence-corrected chi connectivity index (χ3v) is 3.96. The fraction of sp³-hybridized carbons (Fsp3) is 0.294. The number of aryl methyl sites for hydroxylation is 2. The Labute approximate surface area is 124 Å². The van der Waals surface area contributed by atoms with Crippen LogP contribution >= 0.6 is 0 Å². The third-order valence-electron chi connectivity index (χ3n) is 3.96. The summed E-state index contributed by atoms with van der Waals surface area (Å²) in [6, 6.07) is 11.9. The number of aliphatic hydroxyl groups is 1. The summed E-state index contributed by atoms with van der Waals surface area (Å²) in [6.45, 7) is 3.73. The molecule has 2 atom stereocenters. The summed E-state index contributed by atoms with van der Waals surface area (Å²) in [6.07, 6.45) is 0.154. The Bertz CT molecular complexity index is 733. The maximum absolute atomic E-state index is 10.3. The van der Waals surface area contributed by atoms with Crippen LogP contribution in [0.3, 0.4) is 0 Å². The minimum atomic E-state index is -0.484. The smallest absolute Gasteiger partial charge is 0.103 e. The van der Waals surface area contributed by atoms with E-state index in [0.29, 0.717) is 17.7 Å². The van der Waals surface area contributed by atoms with Gasteiger partial charge < -0.3 is 10.4 Å². The lowest BCUT2D eigenvalue weighted by molar-refractivity contribution is 0.166. The van der Waals surface area contributed by atoms with Crippen molar-refractivity contribution in [2.24, 2.45) is 0 Å². The molecule has 0 aliphatic heterocycles. The van der Waals surface area contributed by atoms with E-state index in [1.165, 1.54) is 0 Å². The third kappa shape index (κ3) is 2.37. The number of benzene rings is 1. The van der Waals surface area contributed by atoms with E-state index in [0.717, 1.165) is 22.5 Å². The Morgan fingerprint density at radius 3 is 2.86 bits per heavy atom. The minimum absolute atomic E-state index is 0.186. The Hall–Kier alpha value is -2.38. The Kier molecular flexibility index (Phi) is 3.36. The quantitative estimate of drug-likeness (QED) is 0.886. The molecule has 1 aromatic heterocycles.